The summed E-state index contributed by atoms with van der Waals surface area (Å²) in [5.41, 5.74) is 3.04. The van der Waals surface area contributed by atoms with Crippen molar-refractivity contribution < 1.29 is 14.6 Å². The van der Waals surface area contributed by atoms with Crippen LogP contribution in [0.4, 0.5) is 0 Å². The quantitative estimate of drug-likeness (QED) is 0.395. The molecule has 3 nitrogen and oxygen atoms in total. The largest absolute Gasteiger partial charge is 0.467 e. The summed E-state index contributed by atoms with van der Waals surface area (Å²) in [6.07, 6.45) is 0. The van der Waals surface area contributed by atoms with Gasteiger partial charge in [-0.2, -0.15) is 0 Å². The zero-order valence-corrected chi connectivity index (χ0v) is 18.7. The molecule has 0 aliphatic carbocycles. The van der Waals surface area contributed by atoms with E-state index in [4.69, 9.17) is 9.47 Å². The van der Waals surface area contributed by atoms with E-state index in [1.807, 2.05) is 0 Å². The molecule has 0 unspecified atom stereocenters. The van der Waals surface area contributed by atoms with Crippen LogP contribution in [0.3, 0.4) is 0 Å². The number of rotatable bonds is 7. The summed E-state index contributed by atoms with van der Waals surface area (Å²) in [6, 6.07) is 5.26. The summed E-state index contributed by atoms with van der Waals surface area (Å²) in [7, 11) is -1.09. The Labute approximate surface area is 155 Å². The van der Waals surface area contributed by atoms with Gasteiger partial charge >= 0.3 is 0 Å². The highest BCUT2D eigenvalue weighted by atomic mass is 28.3. The second-order valence-electron chi connectivity index (χ2n) is 10.2. The molecule has 144 valence electrons. The predicted molar refractivity (Wildman–Crippen MR) is 109 cm³/mol. The van der Waals surface area contributed by atoms with Gasteiger partial charge in [-0.1, -0.05) is 61.2 Å². The first kappa shape index (κ1) is 22.2. The fourth-order valence-corrected chi connectivity index (χ4v) is 3.34. The molecule has 0 fully saturated rings. The molecule has 0 aliphatic heterocycles. The van der Waals surface area contributed by atoms with Crippen LogP contribution < -0.4 is 4.74 Å². The Hall–Kier alpha value is -0.843. The molecule has 4 heteroatoms. The van der Waals surface area contributed by atoms with Crippen molar-refractivity contribution in [2.45, 2.75) is 84.7 Å². The van der Waals surface area contributed by atoms with Crippen LogP contribution in [0.5, 0.6) is 5.75 Å². The number of aliphatic hydroxyl groups is 1. The van der Waals surface area contributed by atoms with Gasteiger partial charge in [-0.25, -0.2) is 0 Å². The fraction of sp³-hybridized carbons (Fsp3) is 0.714. The molecule has 25 heavy (non-hydrogen) atoms. The average molecular weight is 367 g/mol. The minimum Gasteiger partial charge on any atom is -0.467 e. The van der Waals surface area contributed by atoms with Crippen LogP contribution in [0.1, 0.15) is 58.2 Å². The van der Waals surface area contributed by atoms with Gasteiger partial charge in [0.25, 0.3) is 0 Å². The molecule has 0 radical (unpaired) electrons. The number of benzene rings is 1. The lowest BCUT2D eigenvalue weighted by atomic mass is 9.78. The summed E-state index contributed by atoms with van der Waals surface area (Å²) in [6.45, 7) is 21.2. The van der Waals surface area contributed by atoms with E-state index in [0.717, 1.165) is 35.1 Å². The second kappa shape index (κ2) is 8.23. The molecule has 0 amide bonds. The van der Waals surface area contributed by atoms with E-state index in [0.29, 0.717) is 0 Å². The molecule has 0 bridgehead atoms. The first-order valence-corrected chi connectivity index (χ1v) is 13.0. The zero-order valence-electron chi connectivity index (χ0n) is 17.7. The van der Waals surface area contributed by atoms with Gasteiger partial charge < -0.3 is 14.6 Å². The van der Waals surface area contributed by atoms with Crippen LogP contribution in [0, 0.1) is 0 Å². The first-order chi connectivity index (χ1) is 11.3. The summed E-state index contributed by atoms with van der Waals surface area (Å²) in [5, 5.41) is 9.67. The lowest BCUT2D eigenvalue weighted by Gasteiger charge is -2.30. The lowest BCUT2D eigenvalue weighted by molar-refractivity contribution is 0.0199. The van der Waals surface area contributed by atoms with Crippen molar-refractivity contribution in [3.05, 3.63) is 28.8 Å². The molecule has 1 aromatic carbocycles. The second-order valence-corrected chi connectivity index (χ2v) is 15.8. The Bertz CT molecular complexity index is 525. The normalized spacial score (nSPS) is 13.2. The van der Waals surface area contributed by atoms with Gasteiger partial charge in [0.2, 0.25) is 0 Å². The van der Waals surface area contributed by atoms with E-state index >= 15 is 0 Å². The molecule has 0 saturated carbocycles. The maximum Gasteiger partial charge on any atom is 0.189 e. The predicted octanol–water partition coefficient (Wildman–Crippen LogP) is 5.47. The third kappa shape index (κ3) is 7.12. The Kier molecular flexibility index (Phi) is 7.31. The topological polar surface area (TPSA) is 38.7 Å². The molecule has 0 saturated heterocycles. The molecular weight excluding hydrogens is 328 g/mol. The van der Waals surface area contributed by atoms with Gasteiger partial charge in [0.05, 0.1) is 6.61 Å². The van der Waals surface area contributed by atoms with Crippen molar-refractivity contribution >= 4 is 8.07 Å². The number of ether oxygens (including phenoxy) is 2. The highest BCUT2D eigenvalue weighted by Crippen LogP contribution is 2.40. The molecular formula is C21H38O3Si. The Balaban J connectivity index is 3.09. The highest BCUT2D eigenvalue weighted by Gasteiger charge is 2.28. The van der Waals surface area contributed by atoms with E-state index in [9.17, 15) is 5.11 Å². The molecule has 1 rings (SSSR count). The maximum atomic E-state index is 9.67. The van der Waals surface area contributed by atoms with Gasteiger partial charge in [0.1, 0.15) is 5.75 Å². The summed E-state index contributed by atoms with van der Waals surface area (Å²) in [4.78, 5) is 0. The van der Waals surface area contributed by atoms with Crippen LogP contribution in [-0.2, 0) is 22.2 Å². The van der Waals surface area contributed by atoms with Crippen molar-refractivity contribution in [2.24, 2.45) is 0 Å². The van der Waals surface area contributed by atoms with Crippen molar-refractivity contribution in [1.82, 2.24) is 0 Å². The molecule has 0 atom stereocenters. The zero-order chi connectivity index (χ0) is 19.5. The lowest BCUT2D eigenvalue weighted by Crippen LogP contribution is -2.23. The minimum absolute atomic E-state index is 0.0408. The van der Waals surface area contributed by atoms with E-state index in [1.165, 1.54) is 0 Å². The number of aliphatic hydroxyl groups excluding tert-OH is 1. The fourth-order valence-electron chi connectivity index (χ4n) is 2.59. The monoisotopic (exact) mass is 366 g/mol. The van der Waals surface area contributed by atoms with Gasteiger partial charge in [-0.05, 0) is 34.6 Å². The van der Waals surface area contributed by atoms with Crippen LogP contribution in [-0.4, -0.2) is 26.6 Å². The van der Waals surface area contributed by atoms with Crippen LogP contribution in [0.25, 0.3) is 0 Å². The molecule has 0 heterocycles. The summed E-state index contributed by atoms with van der Waals surface area (Å²) >= 11 is 0. The van der Waals surface area contributed by atoms with E-state index in [2.05, 4.69) is 73.3 Å². The number of hydrogen-bond donors (Lipinski definition) is 1. The average Bonchev–Trinajstić information content (AvgIpc) is 2.43. The Morgan fingerprint density at radius 2 is 1.40 bits per heavy atom. The van der Waals surface area contributed by atoms with Gasteiger partial charge in [-0.15, -0.1) is 0 Å². The van der Waals surface area contributed by atoms with E-state index < -0.39 is 8.07 Å². The Morgan fingerprint density at radius 1 is 0.920 bits per heavy atom. The van der Waals surface area contributed by atoms with Crippen LogP contribution >= 0.6 is 0 Å². The molecule has 0 aliphatic rings. The van der Waals surface area contributed by atoms with Crippen LogP contribution in [0.2, 0.25) is 25.7 Å². The summed E-state index contributed by atoms with van der Waals surface area (Å²) in [5.74, 6) is 0.908. The van der Waals surface area contributed by atoms with E-state index in [-0.39, 0.29) is 24.2 Å². The van der Waals surface area contributed by atoms with Gasteiger partial charge in [0, 0.05) is 25.8 Å². The van der Waals surface area contributed by atoms with Gasteiger partial charge in [-0.3, -0.25) is 0 Å². The van der Waals surface area contributed by atoms with Gasteiger partial charge in [0.15, 0.2) is 6.79 Å². The standard InChI is InChI=1S/C21H38O3Si/c1-20(2,3)17-12-16(14-22)13-18(21(4,5)6)19(17)24-15-23-10-11-25(7,8)9/h12-13,22H,10-11,14-15H2,1-9H3. The third-order valence-electron chi connectivity index (χ3n) is 4.23. The highest BCUT2D eigenvalue weighted by molar-refractivity contribution is 6.76. The smallest absolute Gasteiger partial charge is 0.189 e. The molecule has 1 N–H and O–H groups in total. The van der Waals surface area contributed by atoms with Crippen molar-refractivity contribution in [3.8, 4) is 5.75 Å². The van der Waals surface area contributed by atoms with Crippen molar-refractivity contribution in [3.63, 3.8) is 0 Å². The maximum absolute atomic E-state index is 9.67. The van der Waals surface area contributed by atoms with Crippen LogP contribution in [0.15, 0.2) is 12.1 Å². The minimum atomic E-state index is -1.09. The summed E-state index contributed by atoms with van der Waals surface area (Å²) < 4.78 is 11.9. The Morgan fingerprint density at radius 3 is 1.76 bits per heavy atom. The molecule has 1 aromatic rings. The first-order valence-electron chi connectivity index (χ1n) is 9.25. The third-order valence-corrected chi connectivity index (χ3v) is 5.93. The number of hydrogen-bond acceptors (Lipinski definition) is 3. The SMILES string of the molecule is CC(C)(C)c1cc(CO)cc(C(C)(C)C)c1OCOCC[Si](C)(C)C. The molecule has 0 spiro atoms. The van der Waals surface area contributed by atoms with Crippen molar-refractivity contribution in [2.75, 3.05) is 13.4 Å². The molecule has 0 aromatic heterocycles. The van der Waals surface area contributed by atoms with Crippen molar-refractivity contribution in [1.29, 1.82) is 0 Å². The van der Waals surface area contributed by atoms with E-state index in [1.54, 1.807) is 0 Å².